The Labute approximate surface area is 154 Å². The largest absolute Gasteiger partial charge is 0.378 e. The topological polar surface area (TPSA) is 24.1 Å². The fraction of sp³-hybridized carbons (Fsp3) is 0.167. The number of fused-ring (bicyclic) bond motifs is 3. The third-order valence-corrected chi connectivity index (χ3v) is 5.58. The maximum atomic E-state index is 3.81. The molecule has 3 atom stereocenters. The minimum absolute atomic E-state index is 0.372. The van der Waals surface area contributed by atoms with Gasteiger partial charge in [0.15, 0.2) is 0 Å². The number of hydrogen-bond acceptors (Lipinski definition) is 2. The average Bonchev–Trinajstić information content (AvgIpc) is 3.19. The molecule has 2 nitrogen and oxygen atoms in total. The number of benzene rings is 3. The van der Waals surface area contributed by atoms with Crippen molar-refractivity contribution in [3.63, 3.8) is 0 Å². The lowest BCUT2D eigenvalue weighted by molar-refractivity contribution is 0.425. The molecule has 1 heterocycles. The third-order valence-electron chi connectivity index (χ3n) is 5.58. The molecule has 0 aromatic heterocycles. The van der Waals surface area contributed by atoms with Gasteiger partial charge in [-0.15, -0.1) is 0 Å². The van der Waals surface area contributed by atoms with E-state index in [1.54, 1.807) is 0 Å². The number of nitrogens with one attached hydrogen (secondary N) is 2. The fourth-order valence-electron chi connectivity index (χ4n) is 4.35. The Kier molecular flexibility index (Phi) is 3.75. The lowest BCUT2D eigenvalue weighted by Crippen LogP contribution is -2.29. The highest BCUT2D eigenvalue weighted by Gasteiger charge is 2.37. The van der Waals surface area contributed by atoms with Crippen LogP contribution in [0.15, 0.2) is 91.0 Å². The Balaban J connectivity index is 1.49. The molecule has 3 unspecified atom stereocenters. The van der Waals surface area contributed by atoms with Crippen LogP contribution in [0.4, 0.5) is 17.1 Å². The predicted molar refractivity (Wildman–Crippen MR) is 109 cm³/mol. The van der Waals surface area contributed by atoms with Gasteiger partial charge in [0.1, 0.15) is 0 Å². The molecule has 0 bridgehead atoms. The first-order valence-corrected chi connectivity index (χ1v) is 9.33. The SMILES string of the molecule is C1=CC2c3cc(Nc4ccccc4)ccc3NC(c3ccccc3)C2C1. The number of hydrogen-bond donors (Lipinski definition) is 2. The van der Waals surface area contributed by atoms with E-state index in [9.17, 15) is 0 Å². The monoisotopic (exact) mass is 338 g/mol. The van der Waals surface area contributed by atoms with Crippen LogP contribution >= 0.6 is 0 Å². The molecule has 2 heteroatoms. The highest BCUT2D eigenvalue weighted by molar-refractivity contribution is 5.68. The summed E-state index contributed by atoms with van der Waals surface area (Å²) in [5, 5.41) is 7.33. The first-order chi connectivity index (χ1) is 12.9. The Bertz CT molecular complexity index is 931. The molecule has 1 aliphatic heterocycles. The lowest BCUT2D eigenvalue weighted by Gasteiger charge is -2.37. The summed E-state index contributed by atoms with van der Waals surface area (Å²) in [5.41, 5.74) is 6.30. The molecule has 1 aliphatic carbocycles. The molecule has 0 amide bonds. The van der Waals surface area contributed by atoms with E-state index in [1.165, 1.54) is 16.8 Å². The third kappa shape index (κ3) is 2.68. The zero-order valence-electron chi connectivity index (χ0n) is 14.6. The molecule has 2 N–H and O–H groups in total. The van der Waals surface area contributed by atoms with Crippen molar-refractivity contribution in [2.24, 2.45) is 5.92 Å². The fourth-order valence-corrected chi connectivity index (χ4v) is 4.35. The van der Waals surface area contributed by atoms with Crippen LogP contribution < -0.4 is 10.6 Å². The van der Waals surface area contributed by atoms with Crippen LogP contribution in [0.1, 0.15) is 29.5 Å². The molecule has 0 spiro atoms. The molecule has 2 aliphatic rings. The van der Waals surface area contributed by atoms with Crippen LogP contribution in [0.25, 0.3) is 0 Å². The summed E-state index contributed by atoms with van der Waals surface area (Å²) in [6.07, 6.45) is 5.87. The maximum Gasteiger partial charge on any atom is 0.0553 e. The summed E-state index contributed by atoms with van der Waals surface area (Å²) < 4.78 is 0. The molecule has 26 heavy (non-hydrogen) atoms. The normalized spacial score (nSPS) is 23.0. The number of rotatable bonds is 3. The number of anilines is 3. The van der Waals surface area contributed by atoms with E-state index in [2.05, 4.69) is 95.6 Å². The molecule has 0 fully saturated rings. The smallest absolute Gasteiger partial charge is 0.0553 e. The van der Waals surface area contributed by atoms with E-state index in [1.807, 2.05) is 6.07 Å². The highest BCUT2D eigenvalue weighted by Crippen LogP contribution is 2.50. The van der Waals surface area contributed by atoms with Crippen LogP contribution in [0, 0.1) is 5.92 Å². The van der Waals surface area contributed by atoms with Crippen molar-refractivity contribution in [2.75, 3.05) is 10.6 Å². The Hall–Kier alpha value is -3.00. The van der Waals surface area contributed by atoms with Gasteiger partial charge in [-0.2, -0.15) is 0 Å². The van der Waals surface area contributed by atoms with Gasteiger partial charge in [-0.1, -0.05) is 60.7 Å². The minimum Gasteiger partial charge on any atom is -0.378 e. The van der Waals surface area contributed by atoms with Crippen molar-refractivity contribution in [2.45, 2.75) is 18.4 Å². The van der Waals surface area contributed by atoms with Crippen LogP contribution in [-0.4, -0.2) is 0 Å². The van der Waals surface area contributed by atoms with Gasteiger partial charge >= 0.3 is 0 Å². The summed E-state index contributed by atoms with van der Waals surface area (Å²) in [7, 11) is 0. The zero-order chi connectivity index (χ0) is 17.3. The Morgan fingerprint density at radius 1 is 0.808 bits per heavy atom. The van der Waals surface area contributed by atoms with E-state index in [4.69, 9.17) is 0 Å². The first-order valence-electron chi connectivity index (χ1n) is 9.33. The summed E-state index contributed by atoms with van der Waals surface area (Å²) in [4.78, 5) is 0. The summed E-state index contributed by atoms with van der Waals surface area (Å²) in [6, 6.07) is 28.3. The molecule has 0 saturated carbocycles. The van der Waals surface area contributed by atoms with Crippen molar-refractivity contribution >= 4 is 17.1 Å². The standard InChI is InChI=1S/C24H22N2/c1-3-8-17(9-4-1)24-21-13-7-12-20(21)22-16-19(14-15-23(22)26-24)25-18-10-5-2-6-11-18/h1-12,14-16,20-21,24-26H,13H2. The van der Waals surface area contributed by atoms with Gasteiger partial charge in [0.25, 0.3) is 0 Å². The Morgan fingerprint density at radius 2 is 1.58 bits per heavy atom. The molecule has 0 radical (unpaired) electrons. The van der Waals surface area contributed by atoms with Gasteiger partial charge in [0.2, 0.25) is 0 Å². The van der Waals surface area contributed by atoms with Crippen LogP contribution in [-0.2, 0) is 0 Å². The molecule has 128 valence electrons. The molecule has 3 aromatic rings. The van der Waals surface area contributed by atoms with E-state index in [0.29, 0.717) is 17.9 Å². The minimum atomic E-state index is 0.372. The van der Waals surface area contributed by atoms with Crippen molar-refractivity contribution in [3.05, 3.63) is 102 Å². The Morgan fingerprint density at radius 3 is 2.38 bits per heavy atom. The number of allylic oxidation sites excluding steroid dienone is 2. The van der Waals surface area contributed by atoms with Gasteiger partial charge < -0.3 is 10.6 Å². The second-order valence-corrected chi connectivity index (χ2v) is 7.18. The van der Waals surface area contributed by atoms with Crippen molar-refractivity contribution in [1.29, 1.82) is 0 Å². The van der Waals surface area contributed by atoms with Gasteiger partial charge in [-0.25, -0.2) is 0 Å². The van der Waals surface area contributed by atoms with Gasteiger partial charge in [0.05, 0.1) is 6.04 Å². The van der Waals surface area contributed by atoms with Crippen LogP contribution in [0.3, 0.4) is 0 Å². The van der Waals surface area contributed by atoms with E-state index < -0.39 is 0 Å². The van der Waals surface area contributed by atoms with Crippen molar-refractivity contribution in [3.8, 4) is 0 Å². The van der Waals surface area contributed by atoms with E-state index in [0.717, 1.165) is 17.8 Å². The first kappa shape index (κ1) is 15.3. The maximum absolute atomic E-state index is 3.81. The summed E-state index contributed by atoms with van der Waals surface area (Å²) >= 11 is 0. The zero-order valence-corrected chi connectivity index (χ0v) is 14.6. The van der Waals surface area contributed by atoms with E-state index in [-0.39, 0.29) is 0 Å². The average molecular weight is 338 g/mol. The molecule has 3 aromatic carbocycles. The quantitative estimate of drug-likeness (QED) is 0.551. The van der Waals surface area contributed by atoms with Crippen LogP contribution in [0.5, 0.6) is 0 Å². The van der Waals surface area contributed by atoms with Crippen LogP contribution in [0.2, 0.25) is 0 Å². The van der Waals surface area contributed by atoms with Crippen molar-refractivity contribution < 1.29 is 0 Å². The van der Waals surface area contributed by atoms with Crippen molar-refractivity contribution in [1.82, 2.24) is 0 Å². The van der Waals surface area contributed by atoms with Gasteiger partial charge in [-0.05, 0) is 53.8 Å². The van der Waals surface area contributed by atoms with Gasteiger partial charge in [0, 0.05) is 23.0 Å². The lowest BCUT2D eigenvalue weighted by atomic mass is 9.77. The molecular weight excluding hydrogens is 316 g/mol. The molecule has 5 rings (SSSR count). The predicted octanol–water partition coefficient (Wildman–Crippen LogP) is 6.26. The summed E-state index contributed by atoms with van der Waals surface area (Å²) in [5.74, 6) is 1.06. The van der Waals surface area contributed by atoms with E-state index >= 15 is 0 Å². The second-order valence-electron chi connectivity index (χ2n) is 7.18. The molecular formula is C24H22N2. The highest BCUT2D eigenvalue weighted by atomic mass is 15.0. The number of para-hydroxylation sites is 1. The summed E-state index contributed by atoms with van der Waals surface area (Å²) in [6.45, 7) is 0. The van der Waals surface area contributed by atoms with Gasteiger partial charge in [-0.3, -0.25) is 0 Å². The second kappa shape index (κ2) is 6.38. The molecule has 0 saturated heterocycles.